The minimum absolute atomic E-state index is 0. The maximum Gasteiger partial charge on any atom is 0.127 e. The van der Waals surface area contributed by atoms with Crippen molar-refractivity contribution in [3.63, 3.8) is 0 Å². The highest BCUT2D eigenvalue weighted by Gasteiger charge is 2.09. The highest BCUT2D eigenvalue weighted by Crippen LogP contribution is 2.22. The zero-order valence-electron chi connectivity index (χ0n) is 12.7. The molecule has 1 aliphatic rings. The number of halogens is 1. The zero-order valence-corrected chi connectivity index (χ0v) is 13.5. The van der Waals surface area contributed by atoms with Gasteiger partial charge >= 0.3 is 0 Å². The molecule has 118 valence electrons. The number of nitrogens with zero attached hydrogens (tertiary/aromatic N) is 1. The van der Waals surface area contributed by atoms with Crippen LogP contribution in [-0.2, 0) is 6.54 Å². The van der Waals surface area contributed by atoms with E-state index in [-0.39, 0.29) is 12.4 Å². The van der Waals surface area contributed by atoms with E-state index in [1.165, 1.54) is 12.0 Å². The molecule has 1 N–H and O–H groups in total. The Morgan fingerprint density at radius 2 is 1.73 bits per heavy atom. The predicted molar refractivity (Wildman–Crippen MR) is 93.0 cm³/mol. The van der Waals surface area contributed by atoms with Gasteiger partial charge in [-0.3, -0.25) is 4.90 Å². The minimum Gasteiger partial charge on any atom is -0.457 e. The molecular weight excluding hydrogens is 296 g/mol. The quantitative estimate of drug-likeness (QED) is 0.930. The lowest BCUT2D eigenvalue weighted by molar-refractivity contribution is 0.284. The summed E-state index contributed by atoms with van der Waals surface area (Å²) in [7, 11) is 0. The number of rotatable bonds is 4. The second kappa shape index (κ2) is 8.79. The second-order valence-electron chi connectivity index (χ2n) is 5.44. The third-order valence-electron chi connectivity index (χ3n) is 3.72. The van der Waals surface area contributed by atoms with Crippen molar-refractivity contribution < 1.29 is 4.74 Å². The predicted octanol–water partition coefficient (Wildman–Crippen LogP) is 3.70. The topological polar surface area (TPSA) is 24.5 Å². The van der Waals surface area contributed by atoms with Crippen LogP contribution in [0.1, 0.15) is 12.0 Å². The van der Waals surface area contributed by atoms with Gasteiger partial charge in [0, 0.05) is 19.6 Å². The fourth-order valence-electron chi connectivity index (χ4n) is 2.65. The average molecular weight is 319 g/mol. The van der Waals surface area contributed by atoms with Crippen molar-refractivity contribution in [3.8, 4) is 11.5 Å². The van der Waals surface area contributed by atoms with Crippen molar-refractivity contribution in [2.24, 2.45) is 0 Å². The highest BCUT2D eigenvalue weighted by molar-refractivity contribution is 5.85. The number of ether oxygens (including phenoxy) is 1. The van der Waals surface area contributed by atoms with Gasteiger partial charge < -0.3 is 10.1 Å². The van der Waals surface area contributed by atoms with Crippen LogP contribution in [0.15, 0.2) is 54.6 Å². The van der Waals surface area contributed by atoms with E-state index in [1.54, 1.807) is 0 Å². The molecule has 2 aromatic carbocycles. The summed E-state index contributed by atoms with van der Waals surface area (Å²) in [5.74, 6) is 1.79. The third-order valence-corrected chi connectivity index (χ3v) is 3.72. The lowest BCUT2D eigenvalue weighted by Crippen LogP contribution is -2.27. The van der Waals surface area contributed by atoms with Crippen molar-refractivity contribution in [2.75, 3.05) is 26.2 Å². The molecule has 4 heteroatoms. The Balaban J connectivity index is 0.00000176. The second-order valence-corrected chi connectivity index (χ2v) is 5.44. The normalized spacial score (nSPS) is 15.6. The van der Waals surface area contributed by atoms with Gasteiger partial charge in [-0.15, -0.1) is 12.4 Å². The van der Waals surface area contributed by atoms with Crippen LogP contribution in [0.5, 0.6) is 11.5 Å². The van der Waals surface area contributed by atoms with Gasteiger partial charge in [-0.25, -0.2) is 0 Å². The zero-order chi connectivity index (χ0) is 14.3. The molecule has 1 saturated heterocycles. The molecule has 0 atom stereocenters. The fourth-order valence-corrected chi connectivity index (χ4v) is 2.65. The van der Waals surface area contributed by atoms with Crippen LogP contribution in [0, 0.1) is 0 Å². The summed E-state index contributed by atoms with van der Waals surface area (Å²) in [5.41, 5.74) is 1.31. The number of para-hydroxylation sites is 1. The van der Waals surface area contributed by atoms with E-state index in [2.05, 4.69) is 28.4 Å². The van der Waals surface area contributed by atoms with Crippen molar-refractivity contribution in [3.05, 3.63) is 60.2 Å². The van der Waals surface area contributed by atoms with Crippen LogP contribution in [0.4, 0.5) is 0 Å². The van der Waals surface area contributed by atoms with Gasteiger partial charge in [0.1, 0.15) is 11.5 Å². The monoisotopic (exact) mass is 318 g/mol. The summed E-state index contributed by atoms with van der Waals surface area (Å²) in [5, 5.41) is 3.44. The molecule has 0 saturated carbocycles. The van der Waals surface area contributed by atoms with Gasteiger partial charge in [-0.1, -0.05) is 30.3 Å². The summed E-state index contributed by atoms with van der Waals surface area (Å²) in [6, 6.07) is 18.3. The van der Waals surface area contributed by atoms with Crippen LogP contribution in [-0.4, -0.2) is 31.1 Å². The molecule has 0 aromatic heterocycles. The van der Waals surface area contributed by atoms with Crippen LogP contribution >= 0.6 is 12.4 Å². The maximum atomic E-state index is 5.90. The van der Waals surface area contributed by atoms with Gasteiger partial charge in [0.15, 0.2) is 0 Å². The Labute approximate surface area is 138 Å². The van der Waals surface area contributed by atoms with Crippen LogP contribution in [0.25, 0.3) is 0 Å². The average Bonchev–Trinajstić information content (AvgIpc) is 2.77. The van der Waals surface area contributed by atoms with E-state index >= 15 is 0 Å². The molecule has 3 nitrogen and oxygen atoms in total. The number of nitrogens with one attached hydrogen (secondary N) is 1. The molecule has 1 fully saturated rings. The molecule has 0 radical (unpaired) electrons. The van der Waals surface area contributed by atoms with Crippen LogP contribution in [0.2, 0.25) is 0 Å². The van der Waals surface area contributed by atoms with E-state index in [9.17, 15) is 0 Å². The minimum atomic E-state index is 0. The van der Waals surface area contributed by atoms with Crippen LogP contribution in [0.3, 0.4) is 0 Å². The first-order valence-corrected chi connectivity index (χ1v) is 7.65. The van der Waals surface area contributed by atoms with Crippen molar-refractivity contribution in [1.82, 2.24) is 10.2 Å². The van der Waals surface area contributed by atoms with Gasteiger partial charge in [0.2, 0.25) is 0 Å². The molecule has 22 heavy (non-hydrogen) atoms. The van der Waals surface area contributed by atoms with Gasteiger partial charge in [-0.2, -0.15) is 0 Å². The van der Waals surface area contributed by atoms with Gasteiger partial charge in [0.05, 0.1) is 0 Å². The summed E-state index contributed by atoms with van der Waals surface area (Å²) in [6.45, 7) is 5.49. The fraction of sp³-hybridized carbons (Fsp3) is 0.333. The molecule has 0 amide bonds. The van der Waals surface area contributed by atoms with E-state index in [0.29, 0.717) is 0 Å². The molecule has 2 aromatic rings. The number of hydrogen-bond donors (Lipinski definition) is 1. The largest absolute Gasteiger partial charge is 0.457 e. The first-order chi connectivity index (χ1) is 10.4. The number of hydrogen-bond acceptors (Lipinski definition) is 3. The number of benzene rings is 2. The highest BCUT2D eigenvalue weighted by atomic mass is 35.5. The Morgan fingerprint density at radius 1 is 0.909 bits per heavy atom. The molecule has 1 heterocycles. The summed E-state index contributed by atoms with van der Waals surface area (Å²) in [4.78, 5) is 2.50. The lowest BCUT2D eigenvalue weighted by Gasteiger charge is -2.19. The molecule has 0 aliphatic carbocycles. The molecule has 3 rings (SSSR count). The van der Waals surface area contributed by atoms with Gasteiger partial charge in [0.25, 0.3) is 0 Å². The van der Waals surface area contributed by atoms with Gasteiger partial charge in [-0.05, 0) is 49.3 Å². The first-order valence-electron chi connectivity index (χ1n) is 7.65. The van der Waals surface area contributed by atoms with Crippen molar-refractivity contribution in [1.29, 1.82) is 0 Å². The SMILES string of the molecule is Cl.c1ccc(Oc2cccc(CN3CCCNCC3)c2)cc1. The van der Waals surface area contributed by atoms with Crippen LogP contribution < -0.4 is 10.1 Å². The summed E-state index contributed by atoms with van der Waals surface area (Å²) in [6.07, 6.45) is 1.22. The Bertz CT molecular complexity index is 554. The van der Waals surface area contributed by atoms with E-state index in [1.807, 2.05) is 36.4 Å². The third kappa shape index (κ3) is 5.02. The standard InChI is InChI=1S/C18H22N2O.ClH/c1-2-7-17(8-3-1)21-18-9-4-6-16(14-18)15-20-12-5-10-19-11-13-20;/h1-4,6-9,14,19H,5,10-13,15H2;1H. The van der Waals surface area contributed by atoms with E-state index in [4.69, 9.17) is 4.74 Å². The molecule has 0 spiro atoms. The smallest absolute Gasteiger partial charge is 0.127 e. The molecule has 0 unspecified atom stereocenters. The Hall–Kier alpha value is -1.55. The lowest BCUT2D eigenvalue weighted by atomic mass is 10.2. The Kier molecular flexibility index (Phi) is 6.72. The van der Waals surface area contributed by atoms with E-state index < -0.39 is 0 Å². The Morgan fingerprint density at radius 3 is 2.59 bits per heavy atom. The molecule has 1 aliphatic heterocycles. The van der Waals surface area contributed by atoms with E-state index in [0.717, 1.165) is 44.2 Å². The van der Waals surface area contributed by atoms with Crippen molar-refractivity contribution in [2.45, 2.75) is 13.0 Å². The summed E-state index contributed by atoms with van der Waals surface area (Å²) >= 11 is 0. The molecular formula is C18H23ClN2O. The maximum absolute atomic E-state index is 5.90. The summed E-state index contributed by atoms with van der Waals surface area (Å²) < 4.78 is 5.90. The molecule has 0 bridgehead atoms. The first kappa shape index (κ1) is 16.8. The van der Waals surface area contributed by atoms with Crippen molar-refractivity contribution >= 4 is 12.4 Å².